The predicted octanol–water partition coefficient (Wildman–Crippen LogP) is 1.94. The molecule has 1 atom stereocenters. The van der Waals surface area contributed by atoms with Crippen LogP contribution in [0.1, 0.15) is 23.7 Å². The molecule has 5 nitrogen and oxygen atoms in total. The van der Waals surface area contributed by atoms with Crippen molar-refractivity contribution in [3.05, 3.63) is 11.7 Å². The maximum atomic E-state index is 12.5. The molecule has 1 N–H and O–H groups in total. The number of halogens is 6. The van der Waals surface area contributed by atoms with Gasteiger partial charge in [-0.2, -0.15) is 31.3 Å². The van der Waals surface area contributed by atoms with Crippen molar-refractivity contribution in [2.75, 3.05) is 19.7 Å². The van der Waals surface area contributed by atoms with E-state index in [1.54, 1.807) is 0 Å². The van der Waals surface area contributed by atoms with Crippen LogP contribution in [-0.2, 0) is 4.74 Å². The largest absolute Gasteiger partial charge is 0.409 e. The number of ether oxygens (including phenoxy) is 1. The molecule has 1 aliphatic rings. The molecule has 1 unspecified atom stereocenters. The fraction of sp³-hybridized carbons (Fsp3) is 0.778. The van der Waals surface area contributed by atoms with Crippen LogP contribution in [0.3, 0.4) is 0 Å². The summed E-state index contributed by atoms with van der Waals surface area (Å²) in [6.45, 7) is 0.952. The van der Waals surface area contributed by atoms with Gasteiger partial charge in [0.1, 0.15) is 6.10 Å². The van der Waals surface area contributed by atoms with E-state index in [0.717, 1.165) is 0 Å². The quantitative estimate of drug-likeness (QED) is 0.846. The molecule has 0 amide bonds. The molecule has 1 aromatic heterocycles. The normalized spacial score (nSPS) is 21.4. The van der Waals surface area contributed by atoms with Gasteiger partial charge in [0, 0.05) is 13.1 Å². The van der Waals surface area contributed by atoms with Crippen LogP contribution in [0, 0.1) is 0 Å². The Balaban J connectivity index is 2.25. The Bertz CT molecular complexity index is 437. The number of nitrogens with zero attached hydrogens (tertiary/aromatic N) is 2. The smallest absolute Gasteiger partial charge is 0.367 e. The standard InChI is InChI=1S/C9H9F6N3O2/c10-8(11,12)5(9(13,14)15)7-17-6(18-20-7)4-3-16-1-2-19-4/h4-5,16H,1-3H2. The lowest BCUT2D eigenvalue weighted by atomic mass is 10.1. The Morgan fingerprint density at radius 3 is 2.30 bits per heavy atom. The summed E-state index contributed by atoms with van der Waals surface area (Å²) in [7, 11) is 0. The van der Waals surface area contributed by atoms with Crippen LogP contribution in [0.25, 0.3) is 0 Å². The molecule has 114 valence electrons. The average molecular weight is 305 g/mol. The number of morpholine rings is 1. The first-order valence-electron chi connectivity index (χ1n) is 5.49. The molecule has 0 aromatic carbocycles. The molecule has 1 aliphatic heterocycles. The zero-order valence-electron chi connectivity index (χ0n) is 9.75. The maximum absolute atomic E-state index is 12.5. The summed E-state index contributed by atoms with van der Waals surface area (Å²) in [4.78, 5) is 3.18. The third-order valence-electron chi connectivity index (χ3n) is 2.57. The average Bonchev–Trinajstić information content (AvgIpc) is 2.75. The number of aromatic nitrogens is 2. The first-order valence-corrected chi connectivity index (χ1v) is 5.49. The predicted molar refractivity (Wildman–Crippen MR) is 50.7 cm³/mol. The molecule has 0 radical (unpaired) electrons. The fourth-order valence-corrected chi connectivity index (χ4v) is 1.69. The van der Waals surface area contributed by atoms with Crippen LogP contribution in [0.5, 0.6) is 0 Å². The molecule has 1 aromatic rings. The lowest BCUT2D eigenvalue weighted by Gasteiger charge is -2.21. The minimum absolute atomic E-state index is 0.182. The zero-order chi connectivity index (χ0) is 15.0. The molecule has 2 rings (SSSR count). The van der Waals surface area contributed by atoms with Gasteiger partial charge in [0.2, 0.25) is 17.6 Å². The Morgan fingerprint density at radius 1 is 1.15 bits per heavy atom. The van der Waals surface area contributed by atoms with E-state index in [9.17, 15) is 26.3 Å². The summed E-state index contributed by atoms with van der Waals surface area (Å²) in [6, 6.07) is 0. The minimum Gasteiger partial charge on any atom is -0.367 e. The van der Waals surface area contributed by atoms with Gasteiger partial charge in [0.15, 0.2) is 0 Å². The Kier molecular flexibility index (Phi) is 3.91. The van der Waals surface area contributed by atoms with Crippen molar-refractivity contribution in [3.8, 4) is 0 Å². The number of hydrogen-bond acceptors (Lipinski definition) is 5. The molecule has 0 spiro atoms. The van der Waals surface area contributed by atoms with E-state index in [1.165, 1.54) is 0 Å². The van der Waals surface area contributed by atoms with Crippen molar-refractivity contribution < 1.29 is 35.6 Å². The van der Waals surface area contributed by atoms with Gasteiger partial charge in [-0.1, -0.05) is 5.16 Å². The lowest BCUT2D eigenvalue weighted by Crippen LogP contribution is -2.35. The summed E-state index contributed by atoms with van der Waals surface area (Å²) >= 11 is 0. The van der Waals surface area contributed by atoms with Crippen molar-refractivity contribution in [3.63, 3.8) is 0 Å². The Labute approximate surface area is 108 Å². The van der Waals surface area contributed by atoms with Gasteiger partial charge in [-0.3, -0.25) is 0 Å². The molecular formula is C9H9F6N3O2. The van der Waals surface area contributed by atoms with Crippen LogP contribution in [-0.4, -0.2) is 42.2 Å². The number of rotatable bonds is 2. The second-order valence-corrected chi connectivity index (χ2v) is 4.07. The summed E-state index contributed by atoms with van der Waals surface area (Å²) in [5.41, 5.74) is 0. The van der Waals surface area contributed by atoms with E-state index in [0.29, 0.717) is 6.54 Å². The van der Waals surface area contributed by atoms with Gasteiger partial charge in [-0.25, -0.2) is 0 Å². The zero-order valence-corrected chi connectivity index (χ0v) is 9.75. The molecule has 1 saturated heterocycles. The SMILES string of the molecule is FC(F)(F)C(c1nc(C2CNCCO2)no1)C(F)(F)F. The highest BCUT2D eigenvalue weighted by Crippen LogP contribution is 2.45. The first kappa shape index (κ1) is 15.0. The second kappa shape index (κ2) is 5.20. The van der Waals surface area contributed by atoms with E-state index < -0.39 is 30.3 Å². The van der Waals surface area contributed by atoms with Crippen molar-refractivity contribution >= 4 is 0 Å². The first-order chi connectivity index (χ1) is 9.19. The monoisotopic (exact) mass is 305 g/mol. The van der Waals surface area contributed by atoms with E-state index in [2.05, 4.69) is 20.0 Å². The van der Waals surface area contributed by atoms with Gasteiger partial charge >= 0.3 is 12.4 Å². The van der Waals surface area contributed by atoms with E-state index in [-0.39, 0.29) is 19.0 Å². The molecular weight excluding hydrogens is 296 g/mol. The van der Waals surface area contributed by atoms with Crippen LogP contribution in [0.2, 0.25) is 0 Å². The van der Waals surface area contributed by atoms with Crippen LogP contribution in [0.15, 0.2) is 4.52 Å². The highest BCUT2D eigenvalue weighted by atomic mass is 19.4. The molecule has 0 bridgehead atoms. The molecule has 0 saturated carbocycles. The molecule has 2 heterocycles. The fourth-order valence-electron chi connectivity index (χ4n) is 1.69. The van der Waals surface area contributed by atoms with Gasteiger partial charge in [-0.15, -0.1) is 0 Å². The van der Waals surface area contributed by atoms with Crippen LogP contribution >= 0.6 is 0 Å². The summed E-state index contributed by atoms with van der Waals surface area (Å²) in [5.74, 6) is -5.67. The third-order valence-corrected chi connectivity index (χ3v) is 2.57. The van der Waals surface area contributed by atoms with Crippen molar-refractivity contribution in [1.82, 2.24) is 15.5 Å². The van der Waals surface area contributed by atoms with Crippen LogP contribution in [0.4, 0.5) is 26.3 Å². The third kappa shape index (κ3) is 3.20. The highest BCUT2D eigenvalue weighted by molar-refractivity contribution is 5.03. The molecule has 20 heavy (non-hydrogen) atoms. The van der Waals surface area contributed by atoms with E-state index in [1.807, 2.05) is 0 Å². The Hall–Kier alpha value is -1.36. The van der Waals surface area contributed by atoms with Crippen LogP contribution < -0.4 is 5.32 Å². The number of hydrogen-bond donors (Lipinski definition) is 1. The summed E-state index contributed by atoms with van der Waals surface area (Å²) in [5, 5.41) is 5.98. The van der Waals surface area contributed by atoms with E-state index >= 15 is 0 Å². The topological polar surface area (TPSA) is 60.2 Å². The van der Waals surface area contributed by atoms with Crippen molar-refractivity contribution in [2.24, 2.45) is 0 Å². The number of alkyl halides is 6. The highest BCUT2D eigenvalue weighted by Gasteiger charge is 2.61. The summed E-state index contributed by atoms with van der Waals surface area (Å²) < 4.78 is 84.0. The second-order valence-electron chi connectivity index (χ2n) is 4.07. The number of nitrogens with one attached hydrogen (secondary N) is 1. The summed E-state index contributed by atoms with van der Waals surface area (Å²) in [6.07, 6.45) is -12.0. The molecule has 0 aliphatic carbocycles. The van der Waals surface area contributed by atoms with Gasteiger partial charge in [0.25, 0.3) is 0 Å². The molecule has 1 fully saturated rings. The molecule has 11 heteroatoms. The van der Waals surface area contributed by atoms with Crippen molar-refractivity contribution in [2.45, 2.75) is 24.4 Å². The van der Waals surface area contributed by atoms with E-state index in [4.69, 9.17) is 4.74 Å². The van der Waals surface area contributed by atoms with Gasteiger partial charge < -0.3 is 14.6 Å². The lowest BCUT2D eigenvalue weighted by molar-refractivity contribution is -0.259. The maximum Gasteiger partial charge on any atom is 0.409 e. The van der Waals surface area contributed by atoms with Gasteiger partial charge in [0.05, 0.1) is 6.61 Å². The van der Waals surface area contributed by atoms with Crippen molar-refractivity contribution in [1.29, 1.82) is 0 Å². The van der Waals surface area contributed by atoms with Gasteiger partial charge in [-0.05, 0) is 0 Å². The minimum atomic E-state index is -5.56. The Morgan fingerprint density at radius 2 is 1.80 bits per heavy atom.